The summed E-state index contributed by atoms with van der Waals surface area (Å²) >= 11 is 0. The lowest BCUT2D eigenvalue weighted by Crippen LogP contribution is -2.44. The van der Waals surface area contributed by atoms with Crippen molar-refractivity contribution in [2.24, 2.45) is 0 Å². The summed E-state index contributed by atoms with van der Waals surface area (Å²) in [6.07, 6.45) is 1.95. The number of aryl methyl sites for hydroxylation is 1. The predicted octanol–water partition coefficient (Wildman–Crippen LogP) is 2.00. The Hall–Kier alpha value is -2.63. The minimum absolute atomic E-state index is 0.171. The number of carboxylic acid groups (broad SMARTS) is 1. The van der Waals surface area contributed by atoms with Crippen LogP contribution in [-0.2, 0) is 17.6 Å². The third kappa shape index (κ3) is 3.33. The van der Waals surface area contributed by atoms with Crippen LogP contribution in [0.15, 0.2) is 41.1 Å². The molecule has 1 aromatic heterocycles. The number of hydrogen-bond acceptors (Lipinski definition) is 4. The summed E-state index contributed by atoms with van der Waals surface area (Å²) in [4.78, 5) is 29.1. The molecule has 116 valence electrons. The van der Waals surface area contributed by atoms with E-state index in [1.54, 1.807) is 0 Å². The summed E-state index contributed by atoms with van der Waals surface area (Å²) in [6.45, 7) is 1.84. The number of carboxylic acids is 1. The van der Waals surface area contributed by atoms with Gasteiger partial charge in [-0.2, -0.15) is 0 Å². The number of carbonyl (C=O) groups excluding carboxylic acids is 1. The molecule has 0 saturated carbocycles. The van der Waals surface area contributed by atoms with Gasteiger partial charge in [0.2, 0.25) is 0 Å². The third-order valence-electron chi connectivity index (χ3n) is 3.51. The van der Waals surface area contributed by atoms with Gasteiger partial charge >= 0.3 is 5.97 Å². The molecule has 2 aromatic rings. The van der Waals surface area contributed by atoms with Gasteiger partial charge in [0.05, 0.1) is 0 Å². The number of benzene rings is 1. The first kappa shape index (κ1) is 15.8. The Morgan fingerprint density at radius 3 is 2.59 bits per heavy atom. The van der Waals surface area contributed by atoms with Crippen molar-refractivity contribution in [2.45, 2.75) is 25.8 Å². The average Bonchev–Trinajstić information content (AvgIpc) is 3.00. The van der Waals surface area contributed by atoms with Crippen LogP contribution < -0.4 is 0 Å². The first-order valence-corrected chi connectivity index (χ1v) is 7.00. The molecule has 1 amide bonds. The van der Waals surface area contributed by atoms with Crippen LogP contribution in [0.5, 0.6) is 0 Å². The van der Waals surface area contributed by atoms with E-state index in [9.17, 15) is 14.7 Å². The van der Waals surface area contributed by atoms with E-state index in [-0.39, 0.29) is 12.1 Å². The standard InChI is InChI=1S/C16H18N2O4/c1-3-13-14(17-10-22-13)15(19)18(2)12(16(20)21)9-11-7-5-4-6-8-11/h4-8,10,12H,3,9H2,1-2H3,(H,20,21). The Labute approximate surface area is 128 Å². The molecule has 0 fully saturated rings. The summed E-state index contributed by atoms with van der Waals surface area (Å²) in [7, 11) is 1.47. The quantitative estimate of drug-likeness (QED) is 0.882. The normalized spacial score (nSPS) is 11.9. The van der Waals surface area contributed by atoms with Crippen molar-refractivity contribution >= 4 is 11.9 Å². The van der Waals surface area contributed by atoms with Gasteiger partial charge in [0.15, 0.2) is 12.1 Å². The molecule has 1 aromatic carbocycles. The highest BCUT2D eigenvalue weighted by molar-refractivity contribution is 5.95. The maximum absolute atomic E-state index is 12.5. The van der Waals surface area contributed by atoms with E-state index >= 15 is 0 Å². The predicted molar refractivity (Wildman–Crippen MR) is 79.5 cm³/mol. The van der Waals surface area contributed by atoms with Crippen LogP contribution in [0, 0.1) is 0 Å². The first-order chi connectivity index (χ1) is 10.5. The van der Waals surface area contributed by atoms with Gasteiger partial charge in [-0.25, -0.2) is 9.78 Å². The topological polar surface area (TPSA) is 83.6 Å². The molecule has 2 rings (SSSR count). The van der Waals surface area contributed by atoms with E-state index in [1.807, 2.05) is 37.3 Å². The molecule has 0 aliphatic heterocycles. The number of carbonyl (C=O) groups is 2. The Morgan fingerprint density at radius 1 is 1.32 bits per heavy atom. The molecule has 6 heteroatoms. The molecular formula is C16H18N2O4. The van der Waals surface area contributed by atoms with Crippen LogP contribution in [-0.4, -0.2) is 40.0 Å². The molecule has 1 unspecified atom stereocenters. The summed E-state index contributed by atoms with van der Waals surface area (Å²) in [5.41, 5.74) is 1.02. The number of nitrogens with zero attached hydrogens (tertiary/aromatic N) is 2. The summed E-state index contributed by atoms with van der Waals surface area (Å²) in [6, 6.07) is 8.24. The van der Waals surface area contributed by atoms with Crippen molar-refractivity contribution in [1.29, 1.82) is 0 Å². The zero-order chi connectivity index (χ0) is 16.1. The van der Waals surface area contributed by atoms with E-state index in [4.69, 9.17) is 4.42 Å². The molecule has 1 heterocycles. The number of aromatic nitrogens is 1. The fourth-order valence-electron chi connectivity index (χ4n) is 2.23. The zero-order valence-corrected chi connectivity index (χ0v) is 12.5. The summed E-state index contributed by atoms with van der Waals surface area (Å²) in [5.74, 6) is -1.05. The van der Waals surface area contributed by atoms with E-state index in [2.05, 4.69) is 4.98 Å². The Balaban J connectivity index is 2.21. The van der Waals surface area contributed by atoms with Crippen molar-refractivity contribution in [3.63, 3.8) is 0 Å². The molecule has 0 spiro atoms. The molecule has 6 nitrogen and oxygen atoms in total. The van der Waals surface area contributed by atoms with Crippen molar-refractivity contribution in [3.05, 3.63) is 53.7 Å². The molecule has 0 radical (unpaired) electrons. The SMILES string of the molecule is CCc1ocnc1C(=O)N(C)C(Cc1ccccc1)C(=O)O. The van der Waals surface area contributed by atoms with Crippen LogP contribution in [0.3, 0.4) is 0 Å². The monoisotopic (exact) mass is 302 g/mol. The largest absolute Gasteiger partial charge is 0.480 e. The van der Waals surface area contributed by atoms with E-state index in [0.717, 1.165) is 5.56 Å². The lowest BCUT2D eigenvalue weighted by molar-refractivity contribution is -0.141. The van der Waals surface area contributed by atoms with E-state index < -0.39 is 17.9 Å². The van der Waals surface area contributed by atoms with Crippen molar-refractivity contribution < 1.29 is 19.1 Å². The Bertz CT molecular complexity index is 651. The fraction of sp³-hybridized carbons (Fsp3) is 0.312. The van der Waals surface area contributed by atoms with E-state index in [0.29, 0.717) is 12.2 Å². The summed E-state index contributed by atoms with van der Waals surface area (Å²) in [5, 5.41) is 9.44. The van der Waals surface area contributed by atoms with Crippen LogP contribution in [0.2, 0.25) is 0 Å². The van der Waals surface area contributed by atoms with Crippen LogP contribution >= 0.6 is 0 Å². The highest BCUT2D eigenvalue weighted by Gasteiger charge is 2.30. The number of hydrogen-bond donors (Lipinski definition) is 1. The molecular weight excluding hydrogens is 284 g/mol. The number of oxazole rings is 1. The number of rotatable bonds is 6. The van der Waals surface area contributed by atoms with E-state index in [1.165, 1.54) is 18.3 Å². The van der Waals surface area contributed by atoms with Crippen molar-refractivity contribution in [1.82, 2.24) is 9.88 Å². The minimum Gasteiger partial charge on any atom is -0.480 e. The molecule has 1 atom stereocenters. The third-order valence-corrected chi connectivity index (χ3v) is 3.51. The van der Waals surface area contributed by atoms with Gasteiger partial charge in [-0.05, 0) is 5.56 Å². The van der Waals surface area contributed by atoms with Crippen LogP contribution in [0.25, 0.3) is 0 Å². The van der Waals surface area contributed by atoms with Gasteiger partial charge in [0, 0.05) is 19.9 Å². The van der Waals surface area contributed by atoms with Gasteiger partial charge in [0.1, 0.15) is 11.8 Å². The van der Waals surface area contributed by atoms with Gasteiger partial charge in [-0.15, -0.1) is 0 Å². The maximum Gasteiger partial charge on any atom is 0.326 e. The second-order valence-corrected chi connectivity index (χ2v) is 4.94. The second kappa shape index (κ2) is 6.89. The Morgan fingerprint density at radius 2 is 2.00 bits per heavy atom. The molecule has 0 aliphatic rings. The number of aliphatic carboxylic acids is 1. The lowest BCUT2D eigenvalue weighted by Gasteiger charge is -2.24. The molecule has 22 heavy (non-hydrogen) atoms. The average molecular weight is 302 g/mol. The second-order valence-electron chi connectivity index (χ2n) is 4.94. The minimum atomic E-state index is -1.05. The Kier molecular flexibility index (Phi) is 4.93. The molecule has 1 N–H and O–H groups in total. The molecule has 0 bridgehead atoms. The van der Waals surface area contributed by atoms with Gasteiger partial charge < -0.3 is 14.4 Å². The fourth-order valence-corrected chi connectivity index (χ4v) is 2.23. The highest BCUT2D eigenvalue weighted by atomic mass is 16.4. The maximum atomic E-state index is 12.5. The first-order valence-electron chi connectivity index (χ1n) is 7.00. The smallest absolute Gasteiger partial charge is 0.326 e. The van der Waals surface area contributed by atoms with Crippen LogP contribution in [0.4, 0.5) is 0 Å². The van der Waals surface area contributed by atoms with Crippen LogP contribution in [0.1, 0.15) is 28.7 Å². The highest BCUT2D eigenvalue weighted by Crippen LogP contribution is 2.14. The number of amides is 1. The molecule has 0 aliphatic carbocycles. The van der Waals surface area contributed by atoms with Crippen molar-refractivity contribution in [2.75, 3.05) is 7.05 Å². The van der Waals surface area contributed by atoms with Gasteiger partial charge in [-0.3, -0.25) is 4.79 Å². The van der Waals surface area contributed by atoms with Gasteiger partial charge in [-0.1, -0.05) is 37.3 Å². The number of likely N-dealkylation sites (N-methyl/N-ethyl adjacent to an activating group) is 1. The lowest BCUT2D eigenvalue weighted by atomic mass is 10.0. The van der Waals surface area contributed by atoms with Gasteiger partial charge in [0.25, 0.3) is 5.91 Å². The van der Waals surface area contributed by atoms with Crippen molar-refractivity contribution in [3.8, 4) is 0 Å². The zero-order valence-electron chi connectivity index (χ0n) is 12.5. The summed E-state index contributed by atoms with van der Waals surface area (Å²) < 4.78 is 5.14. The molecule has 0 saturated heterocycles.